The summed E-state index contributed by atoms with van der Waals surface area (Å²) in [4.78, 5) is 2.53. The molecule has 2 rings (SSSR count). The Labute approximate surface area is 119 Å². The molecule has 2 N–H and O–H groups in total. The molecule has 1 aliphatic heterocycles. The SMILES string of the molecule is CC1(C)CC(CCN)CCN1c1ccccc1Br. The lowest BCUT2D eigenvalue weighted by Crippen LogP contribution is -2.50. The zero-order valence-electron chi connectivity index (χ0n) is 11.3. The molecule has 1 heterocycles. The van der Waals surface area contributed by atoms with Gasteiger partial charge in [-0.15, -0.1) is 0 Å². The second-order valence-corrected chi connectivity index (χ2v) is 6.71. The van der Waals surface area contributed by atoms with Gasteiger partial charge in [0.1, 0.15) is 0 Å². The van der Waals surface area contributed by atoms with Crippen molar-refractivity contribution in [3.63, 3.8) is 0 Å². The van der Waals surface area contributed by atoms with Gasteiger partial charge in [-0.3, -0.25) is 0 Å². The smallest absolute Gasteiger partial charge is 0.0515 e. The highest BCUT2D eigenvalue weighted by molar-refractivity contribution is 9.10. The van der Waals surface area contributed by atoms with Gasteiger partial charge in [0.25, 0.3) is 0 Å². The van der Waals surface area contributed by atoms with Crippen LogP contribution in [-0.4, -0.2) is 18.6 Å². The van der Waals surface area contributed by atoms with Gasteiger partial charge in [-0.2, -0.15) is 0 Å². The Morgan fingerprint density at radius 1 is 1.39 bits per heavy atom. The Bertz CT molecular complexity index is 403. The van der Waals surface area contributed by atoms with Crippen LogP contribution in [0.4, 0.5) is 5.69 Å². The minimum atomic E-state index is 0.210. The molecule has 1 saturated heterocycles. The Hall–Kier alpha value is -0.540. The maximum atomic E-state index is 5.70. The van der Waals surface area contributed by atoms with Crippen LogP contribution >= 0.6 is 15.9 Å². The van der Waals surface area contributed by atoms with E-state index in [1.807, 2.05) is 0 Å². The molecule has 1 unspecified atom stereocenters. The predicted molar refractivity (Wildman–Crippen MR) is 82.0 cm³/mol. The van der Waals surface area contributed by atoms with E-state index in [1.165, 1.54) is 23.0 Å². The fraction of sp³-hybridized carbons (Fsp3) is 0.600. The lowest BCUT2D eigenvalue weighted by Gasteiger charge is -2.47. The molecule has 100 valence electrons. The van der Waals surface area contributed by atoms with Gasteiger partial charge in [-0.25, -0.2) is 0 Å². The summed E-state index contributed by atoms with van der Waals surface area (Å²) in [7, 11) is 0. The predicted octanol–water partition coefficient (Wildman–Crippen LogP) is 3.79. The normalized spacial score (nSPS) is 23.1. The van der Waals surface area contributed by atoms with E-state index in [9.17, 15) is 0 Å². The highest BCUT2D eigenvalue weighted by Crippen LogP contribution is 2.39. The molecule has 0 aliphatic carbocycles. The highest BCUT2D eigenvalue weighted by Gasteiger charge is 2.35. The van der Waals surface area contributed by atoms with Gasteiger partial charge in [0, 0.05) is 16.6 Å². The standard InChI is InChI=1S/C15H23BrN2/c1-15(2)11-12(7-9-17)8-10-18(15)14-6-4-3-5-13(14)16/h3-6,12H,7-11,17H2,1-2H3. The van der Waals surface area contributed by atoms with Gasteiger partial charge in [0.15, 0.2) is 0 Å². The zero-order chi connectivity index (χ0) is 13.2. The first-order chi connectivity index (χ1) is 8.54. The molecule has 1 atom stereocenters. The third-order valence-corrected chi connectivity index (χ3v) is 4.67. The van der Waals surface area contributed by atoms with E-state index >= 15 is 0 Å². The average Bonchev–Trinajstić information content (AvgIpc) is 2.30. The van der Waals surface area contributed by atoms with E-state index in [0.717, 1.165) is 25.4 Å². The van der Waals surface area contributed by atoms with Crippen LogP contribution in [-0.2, 0) is 0 Å². The van der Waals surface area contributed by atoms with Crippen molar-refractivity contribution in [2.45, 2.75) is 38.6 Å². The summed E-state index contributed by atoms with van der Waals surface area (Å²) in [6.07, 6.45) is 3.64. The van der Waals surface area contributed by atoms with Crippen LogP contribution in [0.1, 0.15) is 33.1 Å². The Morgan fingerprint density at radius 3 is 2.72 bits per heavy atom. The lowest BCUT2D eigenvalue weighted by atomic mass is 9.80. The maximum absolute atomic E-state index is 5.70. The fourth-order valence-electron chi connectivity index (χ4n) is 3.13. The van der Waals surface area contributed by atoms with Crippen molar-refractivity contribution in [2.75, 3.05) is 18.0 Å². The first kappa shape index (κ1) is 13.9. The number of anilines is 1. The van der Waals surface area contributed by atoms with Crippen LogP contribution < -0.4 is 10.6 Å². The summed E-state index contributed by atoms with van der Waals surface area (Å²) >= 11 is 3.67. The third-order valence-electron chi connectivity index (χ3n) is 4.00. The molecule has 0 spiro atoms. The van der Waals surface area contributed by atoms with Crippen molar-refractivity contribution < 1.29 is 0 Å². The van der Waals surface area contributed by atoms with Crippen molar-refractivity contribution in [2.24, 2.45) is 11.7 Å². The third kappa shape index (κ3) is 2.89. The van der Waals surface area contributed by atoms with Gasteiger partial charge in [-0.1, -0.05) is 12.1 Å². The molecular formula is C15H23BrN2. The molecule has 1 aromatic carbocycles. The molecule has 18 heavy (non-hydrogen) atoms. The number of benzene rings is 1. The Balaban J connectivity index is 2.18. The summed E-state index contributed by atoms with van der Waals surface area (Å²) in [6, 6.07) is 8.51. The van der Waals surface area contributed by atoms with E-state index < -0.39 is 0 Å². The molecule has 0 aromatic heterocycles. The van der Waals surface area contributed by atoms with Crippen LogP contribution in [0.3, 0.4) is 0 Å². The van der Waals surface area contributed by atoms with Gasteiger partial charge < -0.3 is 10.6 Å². The highest BCUT2D eigenvalue weighted by atomic mass is 79.9. The second-order valence-electron chi connectivity index (χ2n) is 5.85. The van der Waals surface area contributed by atoms with Crippen LogP contribution in [0, 0.1) is 5.92 Å². The molecule has 0 bridgehead atoms. The van der Waals surface area contributed by atoms with Gasteiger partial charge >= 0.3 is 0 Å². The summed E-state index contributed by atoms with van der Waals surface area (Å²) in [5, 5.41) is 0. The largest absolute Gasteiger partial charge is 0.365 e. The lowest BCUT2D eigenvalue weighted by molar-refractivity contribution is 0.264. The molecule has 0 radical (unpaired) electrons. The summed E-state index contributed by atoms with van der Waals surface area (Å²) in [5.41, 5.74) is 7.22. The van der Waals surface area contributed by atoms with Crippen molar-refractivity contribution in [3.8, 4) is 0 Å². The first-order valence-electron chi connectivity index (χ1n) is 6.77. The first-order valence-corrected chi connectivity index (χ1v) is 7.56. The quantitative estimate of drug-likeness (QED) is 0.920. The number of halogens is 1. The molecule has 3 heteroatoms. The topological polar surface area (TPSA) is 29.3 Å². The minimum Gasteiger partial charge on any atom is -0.365 e. The van der Waals surface area contributed by atoms with Crippen LogP contribution in [0.15, 0.2) is 28.7 Å². The van der Waals surface area contributed by atoms with Gasteiger partial charge in [0.05, 0.1) is 5.69 Å². The average molecular weight is 311 g/mol. The number of para-hydroxylation sites is 1. The fourth-order valence-corrected chi connectivity index (χ4v) is 3.63. The van der Waals surface area contributed by atoms with Gasteiger partial charge in [-0.05, 0) is 73.6 Å². The monoisotopic (exact) mass is 310 g/mol. The second kappa shape index (κ2) is 5.62. The van der Waals surface area contributed by atoms with Crippen LogP contribution in [0.2, 0.25) is 0 Å². The van der Waals surface area contributed by atoms with Gasteiger partial charge in [0.2, 0.25) is 0 Å². The number of nitrogens with zero attached hydrogens (tertiary/aromatic N) is 1. The molecule has 1 aliphatic rings. The number of rotatable bonds is 3. The zero-order valence-corrected chi connectivity index (χ0v) is 12.9. The van der Waals surface area contributed by atoms with Crippen molar-refractivity contribution in [3.05, 3.63) is 28.7 Å². The number of hydrogen-bond donors (Lipinski definition) is 1. The maximum Gasteiger partial charge on any atom is 0.0515 e. The summed E-state index contributed by atoms with van der Waals surface area (Å²) in [6.45, 7) is 6.63. The van der Waals surface area contributed by atoms with Crippen molar-refractivity contribution in [1.29, 1.82) is 0 Å². The minimum absolute atomic E-state index is 0.210. The van der Waals surface area contributed by atoms with Crippen LogP contribution in [0.25, 0.3) is 0 Å². The molecule has 0 saturated carbocycles. The van der Waals surface area contributed by atoms with E-state index in [4.69, 9.17) is 5.73 Å². The van der Waals surface area contributed by atoms with E-state index in [1.54, 1.807) is 0 Å². The van der Waals surface area contributed by atoms with Crippen molar-refractivity contribution >= 4 is 21.6 Å². The molecule has 0 amide bonds. The van der Waals surface area contributed by atoms with Crippen LogP contribution in [0.5, 0.6) is 0 Å². The molecule has 1 aromatic rings. The van der Waals surface area contributed by atoms with E-state index in [0.29, 0.717) is 0 Å². The Morgan fingerprint density at radius 2 is 2.11 bits per heavy atom. The molecule has 2 nitrogen and oxygen atoms in total. The number of hydrogen-bond acceptors (Lipinski definition) is 2. The summed E-state index contributed by atoms with van der Waals surface area (Å²) in [5.74, 6) is 0.781. The van der Waals surface area contributed by atoms with E-state index in [2.05, 4.69) is 58.9 Å². The number of piperidine rings is 1. The Kier molecular flexibility index (Phi) is 4.33. The van der Waals surface area contributed by atoms with Crippen molar-refractivity contribution in [1.82, 2.24) is 0 Å². The van der Waals surface area contributed by atoms with E-state index in [-0.39, 0.29) is 5.54 Å². The molecule has 1 fully saturated rings. The number of nitrogens with two attached hydrogens (primary N) is 1. The molecular weight excluding hydrogens is 288 g/mol. The summed E-state index contributed by atoms with van der Waals surface area (Å²) < 4.78 is 1.19.